The molecule has 0 saturated heterocycles. The summed E-state index contributed by atoms with van der Waals surface area (Å²) in [5.41, 5.74) is 8.53. The maximum Gasteiger partial charge on any atom is 0.259 e. The fraction of sp³-hybridized carbons (Fsp3) is 0.400. The molecule has 0 radical (unpaired) electrons. The van der Waals surface area contributed by atoms with Gasteiger partial charge in [0.05, 0.1) is 28.4 Å². The maximum atomic E-state index is 6.51. The van der Waals surface area contributed by atoms with Gasteiger partial charge < -0.3 is 19.2 Å². The molecule has 4 heterocycles. The Morgan fingerprint density at radius 2 is 1.93 bits per heavy atom. The Labute approximate surface area is 161 Å². The number of hydrogen-bond acceptors (Lipinski definition) is 8. The van der Waals surface area contributed by atoms with Crippen molar-refractivity contribution in [2.45, 2.75) is 51.0 Å². The molecule has 4 aromatic heterocycles. The van der Waals surface area contributed by atoms with E-state index in [4.69, 9.17) is 19.2 Å². The van der Waals surface area contributed by atoms with E-state index in [0.717, 1.165) is 42.3 Å². The molecule has 8 heteroatoms. The van der Waals surface area contributed by atoms with Crippen molar-refractivity contribution in [1.29, 1.82) is 0 Å². The van der Waals surface area contributed by atoms with E-state index in [0.29, 0.717) is 28.9 Å². The minimum Gasteiger partial charge on any atom is -0.463 e. The second-order valence-corrected chi connectivity index (χ2v) is 7.72. The molecule has 8 nitrogen and oxygen atoms in total. The molecule has 0 aliphatic heterocycles. The SMILES string of the molecule is CC(C)c1noc2nc(-c3ccco3)cc(-c3nc(C4(N)CCCC4)no3)c12. The zero-order valence-corrected chi connectivity index (χ0v) is 15.8. The third-order valence-corrected chi connectivity index (χ3v) is 5.39. The Hall–Kier alpha value is -3.00. The van der Waals surface area contributed by atoms with E-state index < -0.39 is 5.54 Å². The van der Waals surface area contributed by atoms with E-state index >= 15 is 0 Å². The first-order valence-electron chi connectivity index (χ1n) is 9.53. The average molecular weight is 379 g/mol. The second-order valence-electron chi connectivity index (χ2n) is 7.72. The molecule has 0 amide bonds. The number of furan rings is 1. The van der Waals surface area contributed by atoms with Crippen LogP contribution in [0.2, 0.25) is 0 Å². The lowest BCUT2D eigenvalue weighted by molar-refractivity contribution is 0.373. The van der Waals surface area contributed by atoms with E-state index in [9.17, 15) is 0 Å². The summed E-state index contributed by atoms with van der Waals surface area (Å²) >= 11 is 0. The van der Waals surface area contributed by atoms with Crippen molar-refractivity contribution >= 4 is 11.1 Å². The summed E-state index contributed by atoms with van der Waals surface area (Å²) in [6, 6.07) is 5.52. The van der Waals surface area contributed by atoms with Gasteiger partial charge in [-0.05, 0) is 37.0 Å². The lowest BCUT2D eigenvalue weighted by Crippen LogP contribution is -2.34. The zero-order valence-electron chi connectivity index (χ0n) is 15.8. The first-order chi connectivity index (χ1) is 13.5. The van der Waals surface area contributed by atoms with Gasteiger partial charge in [0.15, 0.2) is 11.6 Å². The zero-order chi connectivity index (χ0) is 19.3. The summed E-state index contributed by atoms with van der Waals surface area (Å²) in [6.07, 6.45) is 5.47. The van der Waals surface area contributed by atoms with Crippen molar-refractivity contribution in [2.24, 2.45) is 5.73 Å². The predicted octanol–water partition coefficient (Wildman–Crippen LogP) is 4.38. The van der Waals surface area contributed by atoms with Crippen molar-refractivity contribution < 1.29 is 13.5 Å². The molecule has 28 heavy (non-hydrogen) atoms. The third-order valence-electron chi connectivity index (χ3n) is 5.39. The molecule has 0 spiro atoms. The average Bonchev–Trinajstić information content (AvgIpc) is 3.46. The summed E-state index contributed by atoms with van der Waals surface area (Å²) in [5.74, 6) is 1.70. The van der Waals surface area contributed by atoms with Crippen LogP contribution in [0.15, 0.2) is 37.9 Å². The van der Waals surface area contributed by atoms with Crippen LogP contribution in [0.5, 0.6) is 0 Å². The molecular formula is C20H21N5O3. The number of fused-ring (bicyclic) bond motifs is 1. The minimum atomic E-state index is -0.521. The van der Waals surface area contributed by atoms with Gasteiger partial charge in [-0.25, -0.2) is 4.98 Å². The monoisotopic (exact) mass is 379 g/mol. The summed E-state index contributed by atoms with van der Waals surface area (Å²) < 4.78 is 16.7. The van der Waals surface area contributed by atoms with Gasteiger partial charge in [-0.1, -0.05) is 37.0 Å². The van der Waals surface area contributed by atoms with Crippen molar-refractivity contribution in [1.82, 2.24) is 20.3 Å². The van der Waals surface area contributed by atoms with Gasteiger partial charge in [0.25, 0.3) is 11.6 Å². The molecule has 0 bridgehead atoms. The van der Waals surface area contributed by atoms with Crippen LogP contribution in [-0.4, -0.2) is 20.3 Å². The number of nitrogens with two attached hydrogens (primary N) is 1. The van der Waals surface area contributed by atoms with Crippen molar-refractivity contribution in [3.05, 3.63) is 36.0 Å². The number of nitrogens with zero attached hydrogens (tertiary/aromatic N) is 4. The van der Waals surface area contributed by atoms with E-state index in [1.165, 1.54) is 0 Å². The van der Waals surface area contributed by atoms with Gasteiger partial charge in [-0.2, -0.15) is 4.98 Å². The van der Waals surface area contributed by atoms with E-state index in [1.54, 1.807) is 6.26 Å². The Kier molecular flexibility index (Phi) is 3.83. The molecule has 1 fully saturated rings. The highest BCUT2D eigenvalue weighted by molar-refractivity contribution is 5.93. The van der Waals surface area contributed by atoms with Crippen LogP contribution >= 0.6 is 0 Å². The molecular weight excluding hydrogens is 358 g/mol. The largest absolute Gasteiger partial charge is 0.463 e. The van der Waals surface area contributed by atoms with Gasteiger partial charge in [-0.15, -0.1) is 0 Å². The standard InChI is InChI=1S/C20H21N5O3/c1-11(2)16-15-12(17-23-19(25-27-17)20(21)7-3-4-8-20)10-13(14-6-5-9-26-14)22-18(15)28-24-16/h5-6,9-11H,3-4,7-8,21H2,1-2H3. The molecule has 5 rings (SSSR count). The van der Waals surface area contributed by atoms with Gasteiger partial charge in [-0.3, -0.25) is 0 Å². The van der Waals surface area contributed by atoms with E-state index in [1.807, 2.05) is 32.0 Å². The summed E-state index contributed by atoms with van der Waals surface area (Å²) in [4.78, 5) is 9.22. The van der Waals surface area contributed by atoms with Crippen molar-refractivity contribution in [2.75, 3.05) is 0 Å². The Morgan fingerprint density at radius 3 is 2.64 bits per heavy atom. The lowest BCUT2D eigenvalue weighted by Gasteiger charge is -2.17. The lowest BCUT2D eigenvalue weighted by atomic mass is 9.98. The quantitative estimate of drug-likeness (QED) is 0.555. The van der Waals surface area contributed by atoms with Crippen LogP contribution in [0.25, 0.3) is 34.0 Å². The highest BCUT2D eigenvalue weighted by atomic mass is 16.5. The van der Waals surface area contributed by atoms with Crippen LogP contribution in [0.4, 0.5) is 0 Å². The van der Waals surface area contributed by atoms with Gasteiger partial charge in [0.2, 0.25) is 0 Å². The third kappa shape index (κ3) is 2.63. The van der Waals surface area contributed by atoms with Crippen LogP contribution in [0.3, 0.4) is 0 Å². The molecule has 0 aromatic carbocycles. The molecule has 2 N–H and O–H groups in total. The topological polar surface area (TPSA) is 117 Å². The Bertz CT molecular complexity index is 1120. The van der Waals surface area contributed by atoms with Gasteiger partial charge >= 0.3 is 0 Å². The van der Waals surface area contributed by atoms with E-state index in [2.05, 4.69) is 20.3 Å². The molecule has 144 valence electrons. The van der Waals surface area contributed by atoms with Crippen LogP contribution < -0.4 is 5.73 Å². The van der Waals surface area contributed by atoms with Crippen LogP contribution in [-0.2, 0) is 5.54 Å². The van der Waals surface area contributed by atoms with Crippen molar-refractivity contribution in [3.8, 4) is 22.9 Å². The Morgan fingerprint density at radius 1 is 1.11 bits per heavy atom. The molecule has 1 saturated carbocycles. The normalized spacial score (nSPS) is 16.4. The molecule has 0 unspecified atom stereocenters. The number of pyridine rings is 1. The summed E-state index contributed by atoms with van der Waals surface area (Å²) in [7, 11) is 0. The fourth-order valence-electron chi connectivity index (χ4n) is 3.85. The smallest absolute Gasteiger partial charge is 0.259 e. The molecule has 4 aromatic rings. The van der Waals surface area contributed by atoms with Crippen LogP contribution in [0, 0.1) is 0 Å². The first kappa shape index (κ1) is 17.1. The summed E-state index contributed by atoms with van der Waals surface area (Å²) in [6.45, 7) is 4.10. The summed E-state index contributed by atoms with van der Waals surface area (Å²) in [5, 5.41) is 9.19. The molecule has 1 aliphatic rings. The second kappa shape index (κ2) is 6.27. The predicted molar refractivity (Wildman–Crippen MR) is 101 cm³/mol. The molecule has 1 aliphatic carbocycles. The number of hydrogen-bond donors (Lipinski definition) is 1. The highest BCUT2D eigenvalue weighted by Crippen LogP contribution is 2.38. The minimum absolute atomic E-state index is 0.148. The van der Waals surface area contributed by atoms with Crippen molar-refractivity contribution in [3.63, 3.8) is 0 Å². The number of rotatable bonds is 4. The van der Waals surface area contributed by atoms with Crippen LogP contribution in [0.1, 0.15) is 57.0 Å². The molecule has 0 atom stereocenters. The highest BCUT2D eigenvalue weighted by Gasteiger charge is 2.36. The maximum absolute atomic E-state index is 6.51. The van der Waals surface area contributed by atoms with Gasteiger partial charge in [0, 0.05) is 0 Å². The van der Waals surface area contributed by atoms with Gasteiger partial charge in [0.1, 0.15) is 5.69 Å². The fourth-order valence-corrected chi connectivity index (χ4v) is 3.85. The first-order valence-corrected chi connectivity index (χ1v) is 9.53. The Balaban J connectivity index is 1.71. The van der Waals surface area contributed by atoms with E-state index in [-0.39, 0.29) is 5.92 Å². The number of aromatic nitrogens is 4.